The number of carbonyl (C=O) groups excluding carboxylic acids is 3. The van der Waals surface area contributed by atoms with Crippen LogP contribution >= 0.6 is 0 Å². The van der Waals surface area contributed by atoms with E-state index in [2.05, 4.69) is 21.3 Å². The van der Waals surface area contributed by atoms with E-state index in [1.165, 1.54) is 24.3 Å². The zero-order valence-corrected chi connectivity index (χ0v) is 25.0. The van der Waals surface area contributed by atoms with Crippen LogP contribution in [-0.4, -0.2) is 40.0 Å². The molecular formula is C37H26N4O7. The number of hydrogen-bond donors (Lipinski definition) is 6. The number of urea groups is 1. The summed E-state index contributed by atoms with van der Waals surface area (Å²) in [5.74, 6) is -3.03. The number of benzene rings is 6. The summed E-state index contributed by atoms with van der Waals surface area (Å²) in [6, 6.07) is 32.2. The molecule has 0 bridgehead atoms. The summed E-state index contributed by atoms with van der Waals surface area (Å²) in [5, 5.41) is 32.5. The van der Waals surface area contributed by atoms with Gasteiger partial charge in [0.05, 0.1) is 11.1 Å². The summed E-state index contributed by atoms with van der Waals surface area (Å²) in [5.41, 5.74) is 2.48. The molecule has 4 amide bonds. The summed E-state index contributed by atoms with van der Waals surface area (Å²) in [4.78, 5) is 61.2. The Kier molecular flexibility index (Phi) is 8.49. The lowest BCUT2D eigenvalue weighted by Gasteiger charge is -2.11. The normalized spacial score (nSPS) is 10.7. The van der Waals surface area contributed by atoms with Crippen molar-refractivity contribution >= 4 is 74.1 Å². The molecule has 0 unspecified atom stereocenters. The van der Waals surface area contributed by atoms with E-state index in [0.717, 1.165) is 10.8 Å². The maximum atomic E-state index is 12.9. The van der Waals surface area contributed by atoms with Gasteiger partial charge < -0.3 is 31.5 Å². The Balaban J connectivity index is 1.13. The number of rotatable bonds is 8. The van der Waals surface area contributed by atoms with E-state index in [1.54, 1.807) is 84.9 Å². The first-order chi connectivity index (χ1) is 23.1. The number of carboxylic acids is 2. The first-order valence-electron chi connectivity index (χ1n) is 14.6. The first kappa shape index (κ1) is 31.0. The summed E-state index contributed by atoms with van der Waals surface area (Å²) in [6.45, 7) is 0. The Bertz CT molecular complexity index is 2120. The fourth-order valence-corrected chi connectivity index (χ4v) is 5.09. The first-order valence-corrected chi connectivity index (χ1v) is 14.6. The fraction of sp³-hybridized carbons (Fsp3) is 0. The van der Waals surface area contributed by atoms with Gasteiger partial charge in [0.2, 0.25) is 0 Å². The van der Waals surface area contributed by atoms with E-state index in [-0.39, 0.29) is 11.1 Å². The van der Waals surface area contributed by atoms with E-state index in [4.69, 9.17) is 0 Å². The van der Waals surface area contributed by atoms with E-state index >= 15 is 0 Å². The van der Waals surface area contributed by atoms with Crippen LogP contribution in [0.4, 0.5) is 27.5 Å². The van der Waals surface area contributed by atoms with Crippen molar-refractivity contribution in [1.29, 1.82) is 0 Å². The standard InChI is InChI=1S/C37H26N4O7/c42-33(38-29-5-1-3-25(17-29)35(44)45)23-9-7-21-11-13-31(19-27(21)15-23)40-37(48)41-32-14-12-22-8-10-24(16-28(22)20-32)34(43)39-30-6-2-4-26(18-30)36(46)47/h1-20H,(H,38,42)(H,39,43)(H,44,45)(H,46,47)(H2,40,41,48). The number of amides is 4. The molecule has 0 heterocycles. The van der Waals surface area contributed by atoms with Crippen LogP contribution in [0.15, 0.2) is 121 Å². The second-order valence-electron chi connectivity index (χ2n) is 10.8. The SMILES string of the molecule is O=C(Nc1ccc2ccc(C(=O)Nc3cccc(C(=O)O)c3)cc2c1)Nc1ccc2ccc(C(=O)Nc3cccc(C(=O)O)c3)cc2c1. The Hall–Kier alpha value is -7.01. The molecule has 0 aliphatic rings. The van der Waals surface area contributed by atoms with Gasteiger partial charge in [0.1, 0.15) is 0 Å². The molecule has 0 radical (unpaired) electrons. The molecule has 0 aromatic heterocycles. The zero-order valence-electron chi connectivity index (χ0n) is 25.0. The largest absolute Gasteiger partial charge is 0.478 e. The minimum Gasteiger partial charge on any atom is -0.478 e. The summed E-state index contributed by atoms with van der Waals surface area (Å²) >= 11 is 0. The second kappa shape index (κ2) is 13.2. The van der Waals surface area contributed by atoms with Gasteiger partial charge in [-0.3, -0.25) is 9.59 Å². The topological polar surface area (TPSA) is 174 Å². The van der Waals surface area contributed by atoms with Gasteiger partial charge in [-0.25, -0.2) is 14.4 Å². The Morgan fingerprint density at radius 1 is 0.375 bits per heavy atom. The van der Waals surface area contributed by atoms with E-state index in [1.807, 2.05) is 12.1 Å². The molecule has 0 spiro atoms. The van der Waals surface area contributed by atoms with Crippen molar-refractivity contribution in [3.8, 4) is 0 Å². The molecule has 11 nitrogen and oxygen atoms in total. The highest BCUT2D eigenvalue weighted by Gasteiger charge is 2.12. The Morgan fingerprint density at radius 3 is 1.19 bits per heavy atom. The summed E-state index contributed by atoms with van der Waals surface area (Å²) < 4.78 is 0. The molecule has 0 saturated heterocycles. The molecule has 6 aromatic carbocycles. The molecule has 11 heteroatoms. The Morgan fingerprint density at radius 2 is 0.771 bits per heavy atom. The van der Waals surface area contributed by atoms with Crippen molar-refractivity contribution in [2.24, 2.45) is 0 Å². The minimum atomic E-state index is -1.10. The molecule has 0 aliphatic heterocycles. The molecular weight excluding hydrogens is 612 g/mol. The van der Waals surface area contributed by atoms with Crippen LogP contribution in [-0.2, 0) is 0 Å². The monoisotopic (exact) mass is 638 g/mol. The zero-order chi connectivity index (χ0) is 33.8. The highest BCUT2D eigenvalue weighted by molar-refractivity contribution is 6.09. The van der Waals surface area contributed by atoms with Gasteiger partial charge in [-0.05, 0) is 106 Å². The number of carboxylic acid groups (broad SMARTS) is 2. The van der Waals surface area contributed by atoms with Crippen molar-refractivity contribution < 1.29 is 34.2 Å². The molecule has 0 fully saturated rings. The van der Waals surface area contributed by atoms with Gasteiger partial charge in [-0.1, -0.05) is 36.4 Å². The maximum absolute atomic E-state index is 12.9. The number of aromatic carboxylic acids is 2. The van der Waals surface area contributed by atoms with Crippen LogP contribution in [0.3, 0.4) is 0 Å². The van der Waals surface area contributed by atoms with E-state index in [9.17, 15) is 34.2 Å². The summed E-state index contributed by atoms with van der Waals surface area (Å²) in [7, 11) is 0. The fourth-order valence-electron chi connectivity index (χ4n) is 5.09. The van der Waals surface area contributed by atoms with E-state index < -0.39 is 29.8 Å². The van der Waals surface area contributed by atoms with Crippen LogP contribution in [0.2, 0.25) is 0 Å². The van der Waals surface area contributed by atoms with Crippen molar-refractivity contribution in [2.75, 3.05) is 21.3 Å². The van der Waals surface area contributed by atoms with Crippen molar-refractivity contribution in [3.05, 3.63) is 144 Å². The van der Waals surface area contributed by atoms with Gasteiger partial charge >= 0.3 is 18.0 Å². The lowest BCUT2D eigenvalue weighted by Crippen LogP contribution is -2.19. The van der Waals surface area contributed by atoms with Gasteiger partial charge in [-0.2, -0.15) is 0 Å². The smallest absolute Gasteiger partial charge is 0.335 e. The third-order valence-electron chi connectivity index (χ3n) is 7.46. The number of fused-ring (bicyclic) bond motifs is 2. The van der Waals surface area contributed by atoms with Gasteiger partial charge in [0.15, 0.2) is 0 Å². The van der Waals surface area contributed by atoms with E-state index in [0.29, 0.717) is 44.6 Å². The maximum Gasteiger partial charge on any atom is 0.335 e. The highest BCUT2D eigenvalue weighted by atomic mass is 16.4. The third-order valence-corrected chi connectivity index (χ3v) is 7.46. The molecule has 0 aliphatic carbocycles. The minimum absolute atomic E-state index is 0.0546. The van der Waals surface area contributed by atoms with Gasteiger partial charge in [0, 0.05) is 33.9 Å². The van der Waals surface area contributed by atoms with Crippen LogP contribution in [0.1, 0.15) is 41.4 Å². The predicted molar refractivity (Wildman–Crippen MR) is 183 cm³/mol. The average molecular weight is 639 g/mol. The number of carbonyl (C=O) groups is 5. The molecule has 0 atom stereocenters. The lowest BCUT2D eigenvalue weighted by atomic mass is 10.1. The summed E-state index contributed by atoms with van der Waals surface area (Å²) in [6.07, 6.45) is 0. The molecule has 6 N–H and O–H groups in total. The quantitative estimate of drug-likeness (QED) is 0.0998. The highest BCUT2D eigenvalue weighted by Crippen LogP contribution is 2.24. The van der Waals surface area contributed by atoms with Crippen molar-refractivity contribution in [3.63, 3.8) is 0 Å². The molecule has 236 valence electrons. The van der Waals surface area contributed by atoms with Crippen LogP contribution in [0, 0.1) is 0 Å². The van der Waals surface area contributed by atoms with Crippen LogP contribution in [0.5, 0.6) is 0 Å². The second-order valence-corrected chi connectivity index (χ2v) is 10.8. The molecule has 6 aromatic rings. The third kappa shape index (κ3) is 7.11. The van der Waals surface area contributed by atoms with Crippen molar-refractivity contribution in [2.45, 2.75) is 0 Å². The van der Waals surface area contributed by atoms with Gasteiger partial charge in [-0.15, -0.1) is 0 Å². The number of nitrogens with one attached hydrogen (secondary N) is 4. The molecule has 48 heavy (non-hydrogen) atoms. The average Bonchev–Trinajstić information content (AvgIpc) is 3.07. The number of hydrogen-bond acceptors (Lipinski definition) is 5. The van der Waals surface area contributed by atoms with Crippen LogP contribution < -0.4 is 21.3 Å². The molecule has 6 rings (SSSR count). The number of anilines is 4. The van der Waals surface area contributed by atoms with Crippen LogP contribution in [0.25, 0.3) is 21.5 Å². The lowest BCUT2D eigenvalue weighted by molar-refractivity contribution is 0.0686. The Labute approximate surface area is 272 Å². The predicted octanol–water partition coefficient (Wildman–Crippen LogP) is 7.54. The van der Waals surface area contributed by atoms with Crippen molar-refractivity contribution in [1.82, 2.24) is 0 Å². The molecule has 0 saturated carbocycles. The van der Waals surface area contributed by atoms with Gasteiger partial charge in [0.25, 0.3) is 11.8 Å².